The van der Waals surface area contributed by atoms with Crippen LogP contribution in [0.1, 0.15) is 67.2 Å². The number of carbonyl (C=O) groups excluding carboxylic acids is 2. The van der Waals surface area contributed by atoms with Crippen molar-refractivity contribution in [2.45, 2.75) is 78.9 Å². The van der Waals surface area contributed by atoms with Crippen molar-refractivity contribution in [1.29, 1.82) is 0 Å². The Morgan fingerprint density at radius 3 is 2.11 bits per heavy atom. The van der Waals surface area contributed by atoms with Crippen molar-refractivity contribution >= 4 is 11.9 Å². The number of esters is 2. The third kappa shape index (κ3) is 4.41. The van der Waals surface area contributed by atoms with Crippen molar-refractivity contribution < 1.29 is 19.1 Å². The van der Waals surface area contributed by atoms with Crippen molar-refractivity contribution in [3.8, 4) is 0 Å². The second-order valence-corrected chi connectivity index (χ2v) is 10.3. The summed E-state index contributed by atoms with van der Waals surface area (Å²) in [6, 6.07) is 0. The minimum atomic E-state index is -0.543. The van der Waals surface area contributed by atoms with Gasteiger partial charge in [-0.2, -0.15) is 0 Å². The van der Waals surface area contributed by atoms with Crippen molar-refractivity contribution in [2.24, 2.45) is 41.4 Å². The molecule has 0 aromatic heterocycles. The Kier molecular flexibility index (Phi) is 5.74. The number of hydrogen-bond donors (Lipinski definition) is 0. The number of fused-ring (bicyclic) bond motifs is 2. The Balaban J connectivity index is 1.74. The van der Waals surface area contributed by atoms with Gasteiger partial charge in [-0.1, -0.05) is 39.3 Å². The molecule has 0 amide bonds. The van der Waals surface area contributed by atoms with Gasteiger partial charge >= 0.3 is 11.9 Å². The van der Waals surface area contributed by atoms with E-state index in [4.69, 9.17) is 9.47 Å². The summed E-state index contributed by atoms with van der Waals surface area (Å²) in [6.45, 7) is 12.3. The largest absolute Gasteiger partial charge is 0.462 e. The van der Waals surface area contributed by atoms with E-state index in [-0.39, 0.29) is 35.8 Å². The van der Waals surface area contributed by atoms with Gasteiger partial charge in [0.15, 0.2) is 0 Å². The van der Waals surface area contributed by atoms with Crippen LogP contribution in [-0.2, 0) is 19.1 Å². The minimum Gasteiger partial charge on any atom is -0.462 e. The van der Waals surface area contributed by atoms with E-state index in [9.17, 15) is 9.59 Å². The van der Waals surface area contributed by atoms with Gasteiger partial charge in [-0.15, -0.1) is 0 Å². The molecule has 0 heterocycles. The Morgan fingerprint density at radius 2 is 1.56 bits per heavy atom. The Bertz CT molecular complexity index is 600. The molecule has 3 aliphatic carbocycles. The smallest absolute Gasteiger partial charge is 0.310 e. The minimum absolute atomic E-state index is 0.0244. The van der Waals surface area contributed by atoms with Crippen LogP contribution >= 0.6 is 0 Å². The summed E-state index contributed by atoms with van der Waals surface area (Å²) in [5, 5.41) is 0. The van der Waals surface area contributed by atoms with Crippen LogP contribution in [-0.4, -0.2) is 23.6 Å². The zero-order chi connectivity index (χ0) is 19.9. The molecular formula is C23H36O4. The lowest BCUT2D eigenvalue weighted by Crippen LogP contribution is -2.42. The van der Waals surface area contributed by atoms with E-state index in [1.165, 1.54) is 6.42 Å². The van der Waals surface area contributed by atoms with Gasteiger partial charge in [0.1, 0.15) is 11.7 Å². The van der Waals surface area contributed by atoms with Crippen LogP contribution in [0.15, 0.2) is 12.2 Å². The lowest BCUT2D eigenvalue weighted by atomic mass is 9.75. The molecule has 152 valence electrons. The number of allylic oxidation sites excluding steroid dienone is 2. The normalized spacial score (nSPS) is 38.3. The number of rotatable bonds is 4. The quantitative estimate of drug-likeness (QED) is 0.524. The average Bonchev–Trinajstić information content (AvgIpc) is 3.13. The zero-order valence-corrected chi connectivity index (χ0v) is 17.7. The molecule has 0 aromatic carbocycles. The predicted octanol–water partition coefficient (Wildman–Crippen LogP) is 4.77. The Morgan fingerprint density at radius 1 is 0.963 bits per heavy atom. The van der Waals surface area contributed by atoms with E-state index in [0.717, 1.165) is 19.3 Å². The molecule has 4 heteroatoms. The van der Waals surface area contributed by atoms with Gasteiger partial charge in [-0.05, 0) is 69.6 Å². The predicted molar refractivity (Wildman–Crippen MR) is 105 cm³/mol. The molecular weight excluding hydrogens is 340 g/mol. The second-order valence-electron chi connectivity index (χ2n) is 10.3. The third-order valence-electron chi connectivity index (χ3n) is 6.64. The molecule has 0 radical (unpaired) electrons. The first-order valence-corrected chi connectivity index (χ1v) is 10.7. The van der Waals surface area contributed by atoms with E-state index < -0.39 is 11.5 Å². The standard InChI is InChI=1S/C23H36O4/c1-13(2)17-10-7-14(3)11-18(17)26-21(24)19-15-8-9-16(12-15)20(19)22(25)27-23(4,5)6/h8-9,13-20H,7,10-12H2,1-6H3/t14-,15+,16-,17+,18-,19+,20-/m1/s1. The van der Waals surface area contributed by atoms with E-state index in [1.54, 1.807) is 0 Å². The maximum absolute atomic E-state index is 13.2. The van der Waals surface area contributed by atoms with Gasteiger partial charge < -0.3 is 9.47 Å². The van der Waals surface area contributed by atoms with Crippen LogP contribution < -0.4 is 0 Å². The molecule has 0 aromatic rings. The van der Waals surface area contributed by atoms with Crippen molar-refractivity contribution in [2.75, 3.05) is 0 Å². The van der Waals surface area contributed by atoms with E-state index in [0.29, 0.717) is 17.8 Å². The summed E-state index contributed by atoms with van der Waals surface area (Å²) in [6.07, 6.45) is 8.27. The molecule has 2 fully saturated rings. The third-order valence-corrected chi connectivity index (χ3v) is 6.64. The first-order chi connectivity index (χ1) is 12.6. The summed E-state index contributed by atoms with van der Waals surface area (Å²) in [7, 11) is 0. The maximum Gasteiger partial charge on any atom is 0.310 e. The Labute approximate surface area is 164 Å². The van der Waals surface area contributed by atoms with Crippen LogP contribution in [0.4, 0.5) is 0 Å². The molecule has 2 bridgehead atoms. The summed E-state index contributed by atoms with van der Waals surface area (Å²) < 4.78 is 11.7. The van der Waals surface area contributed by atoms with Crippen molar-refractivity contribution in [3.05, 3.63) is 12.2 Å². The Hall–Kier alpha value is -1.32. The maximum atomic E-state index is 13.2. The van der Waals surface area contributed by atoms with Gasteiger partial charge in [0, 0.05) is 0 Å². The topological polar surface area (TPSA) is 52.6 Å². The first kappa shape index (κ1) is 20.4. The molecule has 0 saturated heterocycles. The van der Waals surface area contributed by atoms with Crippen LogP contribution in [0.3, 0.4) is 0 Å². The molecule has 3 aliphatic rings. The van der Waals surface area contributed by atoms with Gasteiger partial charge in [0.2, 0.25) is 0 Å². The summed E-state index contributed by atoms with van der Waals surface area (Å²) >= 11 is 0. The molecule has 4 nitrogen and oxygen atoms in total. The summed E-state index contributed by atoms with van der Waals surface area (Å²) in [5.74, 6) is 0.485. The molecule has 0 N–H and O–H groups in total. The van der Waals surface area contributed by atoms with Crippen LogP contribution in [0.5, 0.6) is 0 Å². The summed E-state index contributed by atoms with van der Waals surface area (Å²) in [4.78, 5) is 26.0. The highest BCUT2D eigenvalue weighted by atomic mass is 16.6. The van der Waals surface area contributed by atoms with E-state index in [2.05, 4.69) is 32.9 Å². The molecule has 2 saturated carbocycles. The van der Waals surface area contributed by atoms with Crippen LogP contribution in [0.25, 0.3) is 0 Å². The average molecular weight is 377 g/mol. The zero-order valence-electron chi connectivity index (χ0n) is 17.7. The SMILES string of the molecule is CC(C)[C@@H]1CC[C@@H](C)C[C@H]1OC(=O)[C@@H]1[C@H](C(=O)OC(C)(C)C)[C@@H]2C=C[C@H]1C2. The molecule has 0 unspecified atom stereocenters. The fraction of sp³-hybridized carbons (Fsp3) is 0.826. The fourth-order valence-corrected chi connectivity index (χ4v) is 5.31. The van der Waals surface area contributed by atoms with Crippen LogP contribution in [0.2, 0.25) is 0 Å². The lowest BCUT2D eigenvalue weighted by molar-refractivity contribution is -0.174. The number of hydrogen-bond acceptors (Lipinski definition) is 4. The van der Waals surface area contributed by atoms with E-state index in [1.807, 2.05) is 20.8 Å². The van der Waals surface area contributed by atoms with Crippen molar-refractivity contribution in [1.82, 2.24) is 0 Å². The fourth-order valence-electron chi connectivity index (χ4n) is 5.31. The molecule has 0 spiro atoms. The molecule has 7 atom stereocenters. The highest BCUT2D eigenvalue weighted by Crippen LogP contribution is 2.50. The highest BCUT2D eigenvalue weighted by molar-refractivity contribution is 5.84. The first-order valence-electron chi connectivity index (χ1n) is 10.7. The van der Waals surface area contributed by atoms with Gasteiger partial charge in [0.25, 0.3) is 0 Å². The van der Waals surface area contributed by atoms with Crippen molar-refractivity contribution in [3.63, 3.8) is 0 Å². The molecule has 3 rings (SSSR count). The number of ether oxygens (including phenoxy) is 2. The lowest BCUT2D eigenvalue weighted by Gasteiger charge is -2.38. The van der Waals surface area contributed by atoms with E-state index >= 15 is 0 Å². The number of carbonyl (C=O) groups is 2. The monoisotopic (exact) mass is 376 g/mol. The molecule has 27 heavy (non-hydrogen) atoms. The van der Waals surface area contributed by atoms with Gasteiger partial charge in [-0.25, -0.2) is 0 Å². The van der Waals surface area contributed by atoms with Crippen LogP contribution in [0, 0.1) is 41.4 Å². The van der Waals surface area contributed by atoms with Gasteiger partial charge in [-0.3, -0.25) is 9.59 Å². The van der Waals surface area contributed by atoms with Gasteiger partial charge in [0.05, 0.1) is 11.8 Å². The highest BCUT2D eigenvalue weighted by Gasteiger charge is 2.54. The summed E-state index contributed by atoms with van der Waals surface area (Å²) in [5.41, 5.74) is -0.543. The second kappa shape index (κ2) is 7.60. The molecule has 0 aliphatic heterocycles.